The highest BCUT2D eigenvalue weighted by Crippen LogP contribution is 2.36. The molecule has 0 radical (unpaired) electrons. The minimum absolute atomic E-state index is 0.0165. The fourth-order valence-corrected chi connectivity index (χ4v) is 5.35. The Hall–Kier alpha value is -1.17. The van der Waals surface area contributed by atoms with Crippen molar-refractivity contribution in [3.8, 4) is 0 Å². The van der Waals surface area contributed by atoms with Gasteiger partial charge >= 0.3 is 0 Å². The summed E-state index contributed by atoms with van der Waals surface area (Å²) in [5.74, 6) is -0.192. The first-order valence-electron chi connectivity index (χ1n) is 14.7. The molecule has 0 aliphatic carbocycles. The van der Waals surface area contributed by atoms with Crippen LogP contribution in [-0.4, -0.2) is 59.2 Å². The van der Waals surface area contributed by atoms with Gasteiger partial charge in [-0.05, 0) is 46.3 Å². The summed E-state index contributed by atoms with van der Waals surface area (Å²) in [4.78, 5) is 61.9. The van der Waals surface area contributed by atoms with E-state index < -0.39 is 25.2 Å². The molecule has 0 aliphatic heterocycles. The predicted molar refractivity (Wildman–Crippen MR) is 154 cm³/mol. The number of hydrogen-bond acceptors (Lipinski definition) is 6. The zero-order valence-corrected chi connectivity index (χ0v) is 25.1. The third-order valence-corrected chi connectivity index (χ3v) is 7.87. The van der Waals surface area contributed by atoms with Crippen molar-refractivity contribution in [3.05, 3.63) is 0 Å². The number of nitrogens with one attached hydrogen (secondary N) is 1. The van der Waals surface area contributed by atoms with Crippen molar-refractivity contribution in [2.45, 2.75) is 142 Å². The van der Waals surface area contributed by atoms with Crippen LogP contribution in [0.2, 0.25) is 0 Å². The van der Waals surface area contributed by atoms with Crippen molar-refractivity contribution < 1.29 is 24.1 Å². The summed E-state index contributed by atoms with van der Waals surface area (Å²) in [5.41, 5.74) is -0.985. The first-order chi connectivity index (χ1) is 17.7. The van der Waals surface area contributed by atoms with E-state index >= 15 is 0 Å². The molecule has 0 spiro atoms. The molecule has 0 rings (SSSR count). The molecule has 0 heterocycles. The van der Waals surface area contributed by atoms with E-state index in [9.17, 15) is 24.1 Å². The molecule has 0 aromatic heterocycles. The van der Waals surface area contributed by atoms with E-state index in [1.54, 1.807) is 0 Å². The number of ketones is 1. The highest BCUT2D eigenvalue weighted by atomic mass is 31.1. The number of unbranched alkanes of at least 4 members (excludes halogenated alkanes) is 11. The van der Waals surface area contributed by atoms with Crippen molar-refractivity contribution >= 4 is 30.9 Å². The number of carbonyl (C=O) groups excluding carboxylic acids is 4. The van der Waals surface area contributed by atoms with Gasteiger partial charge in [-0.2, -0.15) is 0 Å². The SMILES string of the molecule is CCCCCCCCCCCCCC(=O)CC(CC(=O)P(O)C(=O)CCCCN(C)C)NC(=O)CCC. The lowest BCUT2D eigenvalue weighted by atomic mass is 10.0. The van der Waals surface area contributed by atoms with Crippen LogP contribution in [0.1, 0.15) is 136 Å². The molecule has 7 nitrogen and oxygen atoms in total. The molecule has 216 valence electrons. The van der Waals surface area contributed by atoms with Gasteiger partial charge in [0.05, 0.1) is 0 Å². The van der Waals surface area contributed by atoms with E-state index in [2.05, 4.69) is 12.2 Å². The number of rotatable bonds is 26. The topological polar surface area (TPSA) is 104 Å². The van der Waals surface area contributed by atoms with E-state index in [1.807, 2.05) is 25.9 Å². The van der Waals surface area contributed by atoms with Gasteiger partial charge in [-0.3, -0.25) is 19.2 Å². The summed E-state index contributed by atoms with van der Waals surface area (Å²) in [6.07, 6.45) is 16.2. The average Bonchev–Trinajstić information content (AvgIpc) is 2.84. The van der Waals surface area contributed by atoms with Crippen molar-refractivity contribution in [1.82, 2.24) is 10.2 Å². The molecule has 2 atom stereocenters. The molecule has 1 amide bonds. The lowest BCUT2D eigenvalue weighted by molar-refractivity contribution is -0.123. The molecule has 2 N–H and O–H groups in total. The van der Waals surface area contributed by atoms with Crippen LogP contribution in [0, 0.1) is 0 Å². The van der Waals surface area contributed by atoms with Crippen molar-refractivity contribution in [2.75, 3.05) is 20.6 Å². The Morgan fingerprint density at radius 3 is 1.76 bits per heavy atom. The fraction of sp³-hybridized carbons (Fsp3) is 0.862. The van der Waals surface area contributed by atoms with E-state index in [-0.39, 0.29) is 31.0 Å². The molecule has 2 unspecified atom stereocenters. The maximum Gasteiger partial charge on any atom is 0.220 e. The molecule has 0 saturated carbocycles. The summed E-state index contributed by atoms with van der Waals surface area (Å²) in [5, 5.41) is 2.78. The maximum atomic E-state index is 12.6. The highest BCUT2D eigenvalue weighted by Gasteiger charge is 2.28. The number of hydrogen-bond donors (Lipinski definition) is 2. The van der Waals surface area contributed by atoms with Gasteiger partial charge in [-0.15, -0.1) is 0 Å². The normalized spacial score (nSPS) is 12.9. The fourth-order valence-electron chi connectivity index (χ4n) is 4.31. The van der Waals surface area contributed by atoms with Gasteiger partial charge in [0.25, 0.3) is 0 Å². The molecule has 0 aromatic rings. The molecule has 0 aliphatic rings. The third kappa shape index (κ3) is 21.5. The summed E-state index contributed by atoms with van der Waals surface area (Å²) in [6.45, 7) is 4.97. The lowest BCUT2D eigenvalue weighted by Gasteiger charge is -2.19. The van der Waals surface area contributed by atoms with Crippen LogP contribution < -0.4 is 5.32 Å². The number of nitrogens with zero attached hydrogens (tertiary/aromatic N) is 1. The first kappa shape index (κ1) is 35.8. The third-order valence-electron chi connectivity index (χ3n) is 6.51. The maximum absolute atomic E-state index is 12.6. The van der Waals surface area contributed by atoms with Gasteiger partial charge in [0.2, 0.25) is 5.91 Å². The molecular weight excluding hydrogens is 487 g/mol. The molecule has 0 saturated heterocycles. The quantitative estimate of drug-likeness (QED) is 0.0956. The smallest absolute Gasteiger partial charge is 0.220 e. The van der Waals surface area contributed by atoms with Crippen molar-refractivity contribution in [1.29, 1.82) is 0 Å². The van der Waals surface area contributed by atoms with E-state index in [0.29, 0.717) is 25.7 Å². The van der Waals surface area contributed by atoms with Gasteiger partial charge in [0.15, 0.2) is 19.2 Å². The zero-order valence-electron chi connectivity index (χ0n) is 24.2. The van der Waals surface area contributed by atoms with Crippen LogP contribution in [0.3, 0.4) is 0 Å². The monoisotopic (exact) mass is 542 g/mol. The Morgan fingerprint density at radius 2 is 1.22 bits per heavy atom. The second kappa shape index (κ2) is 23.9. The standard InChI is InChI=1S/C29H55N2O5P/c1-5-7-8-9-10-11-12-13-14-15-16-20-26(32)23-25(30-27(33)19-6-2)24-29(35)37(36)28(34)21-17-18-22-31(3)4/h25,36H,5-24H2,1-4H3,(H,30,33). The van der Waals surface area contributed by atoms with Gasteiger partial charge in [-0.25, -0.2) is 0 Å². The summed E-state index contributed by atoms with van der Waals surface area (Å²) >= 11 is 0. The van der Waals surface area contributed by atoms with E-state index in [4.69, 9.17) is 0 Å². The van der Waals surface area contributed by atoms with Crippen LogP contribution in [0.25, 0.3) is 0 Å². The Morgan fingerprint density at radius 1 is 0.676 bits per heavy atom. The number of carbonyl (C=O) groups is 4. The van der Waals surface area contributed by atoms with Crippen LogP contribution in [0.15, 0.2) is 0 Å². The summed E-state index contributed by atoms with van der Waals surface area (Å²) in [6, 6.07) is -0.662. The molecule has 8 heteroatoms. The minimum Gasteiger partial charge on any atom is -0.360 e. The Bertz CT molecular complexity index is 642. The molecule has 0 aromatic carbocycles. The second-order valence-corrected chi connectivity index (χ2v) is 12.2. The number of Topliss-reactive ketones (excluding diaryl/α,β-unsaturated/α-hetero) is 1. The summed E-state index contributed by atoms with van der Waals surface area (Å²) < 4.78 is 0. The van der Waals surface area contributed by atoms with Gasteiger partial charge in [0, 0.05) is 38.1 Å². The Kier molecular flexibility index (Phi) is 23.2. The molecule has 0 bridgehead atoms. The second-order valence-electron chi connectivity index (χ2n) is 10.6. The molecule has 0 fully saturated rings. The predicted octanol–water partition coefficient (Wildman–Crippen LogP) is 6.50. The van der Waals surface area contributed by atoms with Gasteiger partial charge in [-0.1, -0.05) is 78.1 Å². The summed E-state index contributed by atoms with van der Waals surface area (Å²) in [7, 11) is 1.50. The molecular formula is C29H55N2O5P. The van der Waals surface area contributed by atoms with Crippen LogP contribution in [0.5, 0.6) is 0 Å². The van der Waals surface area contributed by atoms with Gasteiger partial charge in [0.1, 0.15) is 5.78 Å². The van der Waals surface area contributed by atoms with Gasteiger partial charge < -0.3 is 15.1 Å². The van der Waals surface area contributed by atoms with Crippen LogP contribution in [-0.2, 0) is 19.2 Å². The Balaban J connectivity index is 4.41. The minimum atomic E-state index is -2.41. The van der Waals surface area contributed by atoms with E-state index in [1.165, 1.54) is 51.4 Å². The molecule has 37 heavy (non-hydrogen) atoms. The number of amides is 1. The Labute approximate surface area is 227 Å². The van der Waals surface area contributed by atoms with Crippen LogP contribution >= 0.6 is 8.15 Å². The first-order valence-corrected chi connectivity index (χ1v) is 16.0. The van der Waals surface area contributed by atoms with E-state index in [0.717, 1.165) is 32.2 Å². The highest BCUT2D eigenvalue weighted by molar-refractivity contribution is 7.84. The largest absolute Gasteiger partial charge is 0.360 e. The lowest BCUT2D eigenvalue weighted by Crippen LogP contribution is -2.38. The average molecular weight is 543 g/mol. The zero-order chi connectivity index (χ0) is 27.9. The van der Waals surface area contributed by atoms with Crippen molar-refractivity contribution in [3.63, 3.8) is 0 Å². The van der Waals surface area contributed by atoms with Crippen LogP contribution in [0.4, 0.5) is 0 Å². The van der Waals surface area contributed by atoms with Crippen molar-refractivity contribution in [2.24, 2.45) is 0 Å².